The highest BCUT2D eigenvalue weighted by Crippen LogP contribution is 2.36. The third kappa shape index (κ3) is 7.29. The van der Waals surface area contributed by atoms with Gasteiger partial charge in [-0.1, -0.05) is 41.4 Å². The van der Waals surface area contributed by atoms with Crippen molar-refractivity contribution in [2.24, 2.45) is 0 Å². The van der Waals surface area contributed by atoms with Crippen LogP contribution in [0.2, 0.25) is 10.0 Å². The van der Waals surface area contributed by atoms with Crippen LogP contribution in [0.4, 0.5) is 24.0 Å². The van der Waals surface area contributed by atoms with Crippen molar-refractivity contribution in [2.45, 2.75) is 19.1 Å². The van der Waals surface area contributed by atoms with Crippen LogP contribution < -0.4 is 10.2 Å². The average Bonchev–Trinajstić information content (AvgIpc) is 3.38. The fourth-order valence-corrected chi connectivity index (χ4v) is 4.76. The summed E-state index contributed by atoms with van der Waals surface area (Å²) in [7, 11) is 0. The molecule has 1 amide bonds. The first-order chi connectivity index (χ1) is 18.5. The minimum absolute atomic E-state index is 0.00737. The summed E-state index contributed by atoms with van der Waals surface area (Å²) in [5, 5.41) is 14.5. The molecule has 12 heteroatoms. The number of amides is 1. The van der Waals surface area contributed by atoms with E-state index in [2.05, 4.69) is 5.32 Å². The third-order valence-corrected chi connectivity index (χ3v) is 7.23. The molecule has 2 N–H and O–H groups in total. The number of nitrogens with one attached hydrogen (secondary N) is 1. The standard InChI is InChI=1S/C27H20Cl2F3N3O3S/c28-21-10-5-18(13-22(21)29)23-15-39-26(34-23)35(14-16-1-6-19(7-2-16)27(30,31)32)20-8-3-17(4-9-20)25(38)33-12-11-24(36)37/h1-10,13,15H,11-12,14H2,(H,33,38)(H,36,37). The van der Waals surface area contributed by atoms with Gasteiger partial charge in [0.05, 0.1) is 34.3 Å². The Morgan fingerprint density at radius 3 is 2.28 bits per heavy atom. The molecule has 0 saturated carbocycles. The molecule has 0 radical (unpaired) electrons. The fourth-order valence-electron chi connectivity index (χ4n) is 3.61. The SMILES string of the molecule is O=C(O)CCNC(=O)c1ccc(N(Cc2ccc(C(F)(F)F)cc2)c2nc(-c3ccc(Cl)c(Cl)c3)cs2)cc1. The molecule has 1 aromatic heterocycles. The number of anilines is 2. The molecule has 39 heavy (non-hydrogen) atoms. The second kappa shape index (κ2) is 12.1. The van der Waals surface area contributed by atoms with Crippen LogP contribution in [-0.2, 0) is 17.5 Å². The minimum atomic E-state index is -4.44. The normalized spacial score (nSPS) is 11.3. The first-order valence-electron chi connectivity index (χ1n) is 11.5. The zero-order chi connectivity index (χ0) is 28.2. The Kier molecular flexibility index (Phi) is 8.79. The van der Waals surface area contributed by atoms with Gasteiger partial charge in [0.25, 0.3) is 5.91 Å². The number of hydrogen-bond acceptors (Lipinski definition) is 5. The summed E-state index contributed by atoms with van der Waals surface area (Å²) in [4.78, 5) is 29.6. The Hall–Kier alpha value is -3.60. The van der Waals surface area contributed by atoms with E-state index in [1.54, 1.807) is 42.5 Å². The summed E-state index contributed by atoms with van der Waals surface area (Å²) in [5.41, 5.74) is 2.23. The predicted octanol–water partition coefficient (Wildman–Crippen LogP) is 7.68. The Balaban J connectivity index is 1.63. The van der Waals surface area contributed by atoms with E-state index < -0.39 is 23.6 Å². The predicted molar refractivity (Wildman–Crippen MR) is 146 cm³/mol. The lowest BCUT2D eigenvalue weighted by Crippen LogP contribution is -2.26. The van der Waals surface area contributed by atoms with Crippen LogP contribution in [-0.4, -0.2) is 28.5 Å². The highest BCUT2D eigenvalue weighted by atomic mass is 35.5. The monoisotopic (exact) mass is 593 g/mol. The number of rotatable bonds is 9. The lowest BCUT2D eigenvalue weighted by molar-refractivity contribution is -0.138. The lowest BCUT2D eigenvalue weighted by Gasteiger charge is -2.23. The zero-order valence-corrected chi connectivity index (χ0v) is 22.3. The summed E-state index contributed by atoms with van der Waals surface area (Å²) in [6, 6.07) is 16.6. The van der Waals surface area contributed by atoms with Gasteiger partial charge in [-0.25, -0.2) is 4.98 Å². The van der Waals surface area contributed by atoms with Gasteiger partial charge in [0, 0.05) is 28.7 Å². The smallest absolute Gasteiger partial charge is 0.416 e. The molecule has 202 valence electrons. The van der Waals surface area contributed by atoms with Gasteiger partial charge in [-0.05, 0) is 54.1 Å². The topological polar surface area (TPSA) is 82.5 Å². The number of benzene rings is 3. The van der Waals surface area contributed by atoms with E-state index in [-0.39, 0.29) is 19.5 Å². The molecule has 0 spiro atoms. The number of carboxylic acid groups (broad SMARTS) is 1. The van der Waals surface area contributed by atoms with E-state index in [1.165, 1.54) is 23.5 Å². The van der Waals surface area contributed by atoms with Crippen molar-refractivity contribution < 1.29 is 27.9 Å². The number of carbonyl (C=O) groups is 2. The molecule has 0 aliphatic rings. The number of carbonyl (C=O) groups excluding carboxylic acids is 1. The van der Waals surface area contributed by atoms with Gasteiger partial charge < -0.3 is 15.3 Å². The maximum atomic E-state index is 13.1. The Morgan fingerprint density at radius 1 is 0.974 bits per heavy atom. The first kappa shape index (κ1) is 28.4. The number of thiazole rings is 1. The van der Waals surface area contributed by atoms with E-state index >= 15 is 0 Å². The number of halogens is 5. The molecule has 4 aromatic rings. The van der Waals surface area contributed by atoms with Crippen molar-refractivity contribution in [2.75, 3.05) is 11.4 Å². The Labute approximate surface area is 235 Å². The quantitative estimate of drug-likeness (QED) is 0.208. The number of nitrogens with zero attached hydrogens (tertiary/aromatic N) is 2. The van der Waals surface area contributed by atoms with E-state index in [0.717, 1.165) is 17.7 Å². The molecule has 0 aliphatic carbocycles. The van der Waals surface area contributed by atoms with Crippen LogP contribution in [0.5, 0.6) is 0 Å². The number of alkyl halides is 3. The molecule has 0 saturated heterocycles. The maximum absolute atomic E-state index is 13.1. The second-order valence-corrected chi connectivity index (χ2v) is 10.0. The molecule has 4 rings (SSSR count). The van der Waals surface area contributed by atoms with Crippen molar-refractivity contribution >= 4 is 57.2 Å². The third-order valence-electron chi connectivity index (χ3n) is 5.63. The highest BCUT2D eigenvalue weighted by Gasteiger charge is 2.30. The number of aromatic nitrogens is 1. The Morgan fingerprint density at radius 2 is 1.67 bits per heavy atom. The summed E-state index contributed by atoms with van der Waals surface area (Å²) in [6.45, 7) is 0.198. The van der Waals surface area contributed by atoms with Crippen molar-refractivity contribution in [3.8, 4) is 11.3 Å². The minimum Gasteiger partial charge on any atom is -0.481 e. The molecule has 0 unspecified atom stereocenters. The molecular formula is C27H20Cl2F3N3O3S. The van der Waals surface area contributed by atoms with Gasteiger partial charge >= 0.3 is 12.1 Å². The largest absolute Gasteiger partial charge is 0.481 e. The molecule has 6 nitrogen and oxygen atoms in total. The summed E-state index contributed by atoms with van der Waals surface area (Å²) >= 11 is 13.5. The van der Waals surface area contributed by atoms with E-state index in [0.29, 0.717) is 37.7 Å². The van der Waals surface area contributed by atoms with E-state index in [9.17, 15) is 22.8 Å². The fraction of sp³-hybridized carbons (Fsp3) is 0.148. The van der Waals surface area contributed by atoms with Gasteiger partial charge in [-0.3, -0.25) is 9.59 Å². The lowest BCUT2D eigenvalue weighted by atomic mass is 10.1. The Bertz CT molecular complexity index is 1480. The van der Waals surface area contributed by atoms with E-state index in [4.69, 9.17) is 33.3 Å². The highest BCUT2D eigenvalue weighted by molar-refractivity contribution is 7.14. The maximum Gasteiger partial charge on any atom is 0.416 e. The van der Waals surface area contributed by atoms with Gasteiger partial charge in [0.2, 0.25) is 0 Å². The van der Waals surface area contributed by atoms with Gasteiger partial charge in [0.15, 0.2) is 5.13 Å². The van der Waals surface area contributed by atoms with Crippen LogP contribution in [0.3, 0.4) is 0 Å². The van der Waals surface area contributed by atoms with Crippen molar-refractivity contribution in [1.29, 1.82) is 0 Å². The van der Waals surface area contributed by atoms with Crippen molar-refractivity contribution in [3.63, 3.8) is 0 Å². The second-order valence-electron chi connectivity index (χ2n) is 8.37. The summed E-state index contributed by atoms with van der Waals surface area (Å²) in [5.74, 6) is -1.44. The molecule has 0 fully saturated rings. The molecule has 0 atom stereocenters. The molecule has 1 heterocycles. The van der Waals surface area contributed by atoms with Crippen LogP contribution in [0, 0.1) is 0 Å². The first-order valence-corrected chi connectivity index (χ1v) is 13.1. The number of hydrogen-bond donors (Lipinski definition) is 2. The van der Waals surface area contributed by atoms with Gasteiger partial charge in [0.1, 0.15) is 0 Å². The summed E-state index contributed by atoms with van der Waals surface area (Å²) < 4.78 is 39.2. The number of aliphatic carboxylic acids is 1. The van der Waals surface area contributed by atoms with Crippen molar-refractivity contribution in [3.05, 3.63) is 98.8 Å². The van der Waals surface area contributed by atoms with Gasteiger partial charge in [-0.15, -0.1) is 11.3 Å². The van der Waals surface area contributed by atoms with Crippen LogP contribution in [0.1, 0.15) is 27.9 Å². The average molecular weight is 594 g/mol. The molecule has 3 aromatic carbocycles. The zero-order valence-electron chi connectivity index (χ0n) is 20.0. The summed E-state index contributed by atoms with van der Waals surface area (Å²) in [6.07, 6.45) is -4.64. The molecule has 0 aliphatic heterocycles. The van der Waals surface area contributed by atoms with Crippen molar-refractivity contribution in [1.82, 2.24) is 10.3 Å². The molecule has 0 bridgehead atoms. The van der Waals surface area contributed by atoms with Crippen LogP contribution in [0.15, 0.2) is 72.1 Å². The van der Waals surface area contributed by atoms with E-state index in [1.807, 2.05) is 10.3 Å². The molecular weight excluding hydrogens is 574 g/mol. The van der Waals surface area contributed by atoms with Crippen LogP contribution in [0.25, 0.3) is 11.3 Å². The van der Waals surface area contributed by atoms with Gasteiger partial charge in [-0.2, -0.15) is 13.2 Å². The van der Waals surface area contributed by atoms with Crippen LogP contribution >= 0.6 is 34.5 Å². The number of carboxylic acids is 1.